The van der Waals surface area contributed by atoms with E-state index in [9.17, 15) is 9.59 Å². The van der Waals surface area contributed by atoms with Crippen molar-refractivity contribution in [3.63, 3.8) is 0 Å². The maximum Gasteiger partial charge on any atom is 0.234 e. The lowest BCUT2D eigenvalue weighted by Gasteiger charge is -2.22. The molecule has 0 radical (unpaired) electrons. The zero-order chi connectivity index (χ0) is 19.2. The van der Waals surface area contributed by atoms with Crippen LogP contribution in [-0.2, 0) is 16.1 Å². The van der Waals surface area contributed by atoms with Gasteiger partial charge in [-0.3, -0.25) is 14.5 Å². The molecule has 1 aliphatic heterocycles. The van der Waals surface area contributed by atoms with Gasteiger partial charge in [0.1, 0.15) is 0 Å². The van der Waals surface area contributed by atoms with E-state index in [1.54, 1.807) is 0 Å². The average Bonchev–Trinajstić information content (AvgIpc) is 3.11. The summed E-state index contributed by atoms with van der Waals surface area (Å²) in [5.74, 6) is -0.397. The highest BCUT2D eigenvalue weighted by Crippen LogP contribution is 2.21. The molecule has 2 atom stereocenters. The Morgan fingerprint density at radius 3 is 2.67 bits per heavy atom. The Morgan fingerprint density at radius 2 is 1.93 bits per heavy atom. The molecule has 1 fully saturated rings. The van der Waals surface area contributed by atoms with Gasteiger partial charge in [-0.2, -0.15) is 0 Å². The molecular formula is C21H26N4O2. The fourth-order valence-corrected chi connectivity index (χ4v) is 3.55. The minimum absolute atomic E-state index is 0.125. The molecule has 1 heterocycles. The van der Waals surface area contributed by atoms with Crippen LogP contribution in [-0.4, -0.2) is 29.3 Å². The van der Waals surface area contributed by atoms with Crippen LogP contribution in [0.1, 0.15) is 36.4 Å². The Balaban J connectivity index is 1.58. The minimum Gasteiger partial charge on any atom is -0.368 e. The number of amides is 2. The van der Waals surface area contributed by atoms with Crippen molar-refractivity contribution in [1.82, 2.24) is 4.90 Å². The van der Waals surface area contributed by atoms with Crippen LogP contribution in [0.15, 0.2) is 54.6 Å². The van der Waals surface area contributed by atoms with Crippen molar-refractivity contribution in [2.24, 2.45) is 11.5 Å². The monoisotopic (exact) mass is 366 g/mol. The number of nitrogens with two attached hydrogens (primary N) is 2. The summed E-state index contributed by atoms with van der Waals surface area (Å²) in [7, 11) is 0. The molecule has 2 aromatic rings. The highest BCUT2D eigenvalue weighted by molar-refractivity contribution is 5.91. The Kier molecular flexibility index (Phi) is 6.21. The summed E-state index contributed by atoms with van der Waals surface area (Å²) in [4.78, 5) is 26.0. The SMILES string of the molecule is NC(=O)C1CCCN1Cc1cccc(NC(=O)CC(N)c2ccccc2)c1. The van der Waals surface area contributed by atoms with E-state index in [1.165, 1.54) is 0 Å². The summed E-state index contributed by atoms with van der Waals surface area (Å²) in [6.07, 6.45) is 1.99. The summed E-state index contributed by atoms with van der Waals surface area (Å²) < 4.78 is 0. The van der Waals surface area contributed by atoms with Crippen molar-refractivity contribution in [2.75, 3.05) is 11.9 Å². The maximum absolute atomic E-state index is 12.3. The number of hydrogen-bond acceptors (Lipinski definition) is 4. The predicted octanol–water partition coefficient (Wildman–Crippen LogP) is 2.16. The van der Waals surface area contributed by atoms with Crippen molar-refractivity contribution in [3.8, 4) is 0 Å². The first-order valence-electron chi connectivity index (χ1n) is 9.25. The third-order valence-electron chi connectivity index (χ3n) is 4.92. The van der Waals surface area contributed by atoms with E-state index in [0.29, 0.717) is 6.54 Å². The molecule has 6 heteroatoms. The largest absolute Gasteiger partial charge is 0.368 e. The van der Waals surface area contributed by atoms with Gasteiger partial charge in [0.05, 0.1) is 6.04 Å². The van der Waals surface area contributed by atoms with Gasteiger partial charge in [-0.05, 0) is 42.6 Å². The molecule has 3 rings (SSSR count). The summed E-state index contributed by atoms with van der Waals surface area (Å²) in [6.45, 7) is 1.50. The van der Waals surface area contributed by atoms with Crippen LogP contribution in [0.5, 0.6) is 0 Å². The van der Waals surface area contributed by atoms with E-state index in [0.717, 1.165) is 36.2 Å². The number of hydrogen-bond donors (Lipinski definition) is 3. The van der Waals surface area contributed by atoms with E-state index < -0.39 is 0 Å². The number of nitrogens with zero attached hydrogens (tertiary/aromatic N) is 1. The lowest BCUT2D eigenvalue weighted by molar-refractivity contribution is -0.122. The normalized spacial score (nSPS) is 18.2. The Bertz CT molecular complexity index is 794. The number of benzene rings is 2. The topological polar surface area (TPSA) is 101 Å². The zero-order valence-corrected chi connectivity index (χ0v) is 15.3. The summed E-state index contributed by atoms with van der Waals surface area (Å²) in [6, 6.07) is 16.7. The molecule has 0 saturated carbocycles. The third-order valence-corrected chi connectivity index (χ3v) is 4.92. The van der Waals surface area contributed by atoms with Gasteiger partial charge in [-0.25, -0.2) is 0 Å². The first-order chi connectivity index (χ1) is 13.0. The summed E-state index contributed by atoms with van der Waals surface area (Å²) >= 11 is 0. The van der Waals surface area contributed by atoms with Gasteiger partial charge < -0.3 is 16.8 Å². The molecule has 1 aliphatic rings. The number of anilines is 1. The predicted molar refractivity (Wildman–Crippen MR) is 106 cm³/mol. The van der Waals surface area contributed by atoms with Gasteiger partial charge >= 0.3 is 0 Å². The Hall–Kier alpha value is -2.70. The first-order valence-corrected chi connectivity index (χ1v) is 9.25. The molecule has 2 unspecified atom stereocenters. The molecule has 2 aromatic carbocycles. The molecule has 1 saturated heterocycles. The fraction of sp³-hybridized carbons (Fsp3) is 0.333. The molecule has 0 aliphatic carbocycles. The first kappa shape index (κ1) is 19.1. The molecule has 27 heavy (non-hydrogen) atoms. The number of carbonyl (C=O) groups is 2. The number of primary amides is 1. The van der Waals surface area contributed by atoms with Gasteiger partial charge in [-0.15, -0.1) is 0 Å². The van der Waals surface area contributed by atoms with Crippen molar-refractivity contribution < 1.29 is 9.59 Å². The second kappa shape index (κ2) is 8.79. The second-order valence-electron chi connectivity index (χ2n) is 7.00. The maximum atomic E-state index is 12.3. The minimum atomic E-state index is -0.338. The van der Waals surface area contributed by atoms with Gasteiger partial charge in [0, 0.05) is 24.7 Å². The van der Waals surface area contributed by atoms with Gasteiger partial charge in [0.2, 0.25) is 11.8 Å². The van der Waals surface area contributed by atoms with Crippen LogP contribution in [0, 0.1) is 0 Å². The van der Waals surface area contributed by atoms with Gasteiger partial charge in [-0.1, -0.05) is 42.5 Å². The van der Waals surface area contributed by atoms with Crippen LogP contribution in [0.4, 0.5) is 5.69 Å². The van der Waals surface area contributed by atoms with Crippen LogP contribution in [0.25, 0.3) is 0 Å². The highest BCUT2D eigenvalue weighted by Gasteiger charge is 2.28. The average molecular weight is 366 g/mol. The second-order valence-corrected chi connectivity index (χ2v) is 7.00. The van der Waals surface area contributed by atoms with Crippen molar-refractivity contribution >= 4 is 17.5 Å². The van der Waals surface area contributed by atoms with Crippen LogP contribution < -0.4 is 16.8 Å². The molecule has 142 valence electrons. The standard InChI is InChI=1S/C21H26N4O2/c22-18(16-7-2-1-3-8-16)13-20(26)24-17-9-4-6-15(12-17)14-25-11-5-10-19(25)21(23)27/h1-4,6-9,12,18-19H,5,10-11,13-14,22H2,(H2,23,27)(H,24,26). The van der Waals surface area contributed by atoms with E-state index >= 15 is 0 Å². The lowest BCUT2D eigenvalue weighted by Crippen LogP contribution is -2.39. The number of carbonyl (C=O) groups excluding carboxylic acids is 2. The third kappa shape index (κ3) is 5.15. The fourth-order valence-electron chi connectivity index (χ4n) is 3.55. The van der Waals surface area contributed by atoms with Crippen molar-refractivity contribution in [3.05, 3.63) is 65.7 Å². The summed E-state index contributed by atoms with van der Waals surface area (Å²) in [5.41, 5.74) is 14.3. The lowest BCUT2D eigenvalue weighted by atomic mass is 10.0. The molecule has 5 N–H and O–H groups in total. The smallest absolute Gasteiger partial charge is 0.234 e. The molecule has 2 amide bonds. The van der Waals surface area contributed by atoms with E-state index in [4.69, 9.17) is 11.5 Å². The van der Waals surface area contributed by atoms with Crippen LogP contribution in [0.2, 0.25) is 0 Å². The quantitative estimate of drug-likeness (QED) is 0.699. The molecule has 0 spiro atoms. The zero-order valence-electron chi connectivity index (χ0n) is 15.3. The molecule has 6 nitrogen and oxygen atoms in total. The van der Waals surface area contributed by atoms with E-state index in [2.05, 4.69) is 10.2 Å². The summed E-state index contributed by atoms with van der Waals surface area (Å²) in [5, 5.41) is 2.91. The van der Waals surface area contributed by atoms with Crippen LogP contribution >= 0.6 is 0 Å². The van der Waals surface area contributed by atoms with E-state index in [1.807, 2.05) is 54.6 Å². The molecular weight excluding hydrogens is 340 g/mol. The number of rotatable bonds is 7. The molecule has 0 bridgehead atoms. The molecule has 0 aromatic heterocycles. The highest BCUT2D eigenvalue weighted by atomic mass is 16.2. The van der Waals surface area contributed by atoms with Crippen molar-refractivity contribution in [2.45, 2.75) is 37.9 Å². The number of nitrogens with one attached hydrogen (secondary N) is 1. The number of likely N-dealkylation sites (tertiary alicyclic amines) is 1. The van der Waals surface area contributed by atoms with Gasteiger partial charge in [0.25, 0.3) is 0 Å². The van der Waals surface area contributed by atoms with Gasteiger partial charge in [0.15, 0.2) is 0 Å². The van der Waals surface area contributed by atoms with E-state index in [-0.39, 0.29) is 30.3 Å². The van der Waals surface area contributed by atoms with Crippen molar-refractivity contribution in [1.29, 1.82) is 0 Å². The van der Waals surface area contributed by atoms with Crippen LogP contribution in [0.3, 0.4) is 0 Å². The Labute approximate surface area is 159 Å². The Morgan fingerprint density at radius 1 is 1.15 bits per heavy atom.